The molecule has 0 fully saturated rings. The van der Waals surface area contributed by atoms with E-state index in [1.54, 1.807) is 0 Å². The number of aromatic nitrogens is 1. The highest BCUT2D eigenvalue weighted by Gasteiger charge is 2.08. The molecule has 0 saturated carbocycles. The molecule has 0 spiro atoms. The van der Waals surface area contributed by atoms with Gasteiger partial charge in [0.25, 0.3) is 0 Å². The molecule has 2 aromatic heterocycles. The van der Waals surface area contributed by atoms with Crippen molar-refractivity contribution in [1.29, 1.82) is 0 Å². The Morgan fingerprint density at radius 1 is 1.15 bits per heavy atom. The van der Waals surface area contributed by atoms with Gasteiger partial charge < -0.3 is 21.2 Å². The standard InChI is InChI=1S/C17H19N5OS.2ClH/c18-10-13-6-7-15(23-13)14-11-24-17(21-14)22-16(19)20-9-8-12-4-2-1-3-5-12;;/h1-7,11H,8-10,18H2,(H3,19,20,21,22);2*1H. The lowest BCUT2D eigenvalue weighted by Crippen LogP contribution is -2.32. The van der Waals surface area contributed by atoms with E-state index in [0.717, 1.165) is 24.4 Å². The van der Waals surface area contributed by atoms with Gasteiger partial charge in [0.2, 0.25) is 5.13 Å². The van der Waals surface area contributed by atoms with Crippen molar-refractivity contribution in [3.05, 3.63) is 59.2 Å². The van der Waals surface area contributed by atoms with Crippen LogP contribution in [0.3, 0.4) is 0 Å². The Hall–Kier alpha value is -2.06. The van der Waals surface area contributed by atoms with Gasteiger partial charge in [0.1, 0.15) is 11.5 Å². The van der Waals surface area contributed by atoms with E-state index in [9.17, 15) is 0 Å². The lowest BCUT2D eigenvalue weighted by molar-refractivity contribution is 0.524. The van der Waals surface area contributed by atoms with Gasteiger partial charge in [-0.3, -0.25) is 0 Å². The van der Waals surface area contributed by atoms with E-state index in [1.807, 2.05) is 35.7 Å². The molecule has 0 aliphatic heterocycles. The maximum atomic E-state index is 5.91. The number of nitrogens with two attached hydrogens (primary N) is 2. The molecule has 140 valence electrons. The second-order valence-electron chi connectivity index (χ2n) is 5.14. The highest BCUT2D eigenvalue weighted by atomic mass is 35.5. The Morgan fingerprint density at radius 3 is 2.62 bits per heavy atom. The zero-order valence-electron chi connectivity index (χ0n) is 13.9. The normalized spacial score (nSPS) is 10.7. The van der Waals surface area contributed by atoms with Gasteiger partial charge in [-0.25, -0.2) is 4.98 Å². The van der Waals surface area contributed by atoms with Gasteiger partial charge in [-0.05, 0) is 24.1 Å². The van der Waals surface area contributed by atoms with Crippen molar-refractivity contribution in [2.24, 2.45) is 16.5 Å². The zero-order valence-corrected chi connectivity index (χ0v) is 16.4. The first-order chi connectivity index (χ1) is 11.7. The lowest BCUT2D eigenvalue weighted by Gasteiger charge is -2.04. The minimum absolute atomic E-state index is 0. The van der Waals surface area contributed by atoms with Crippen LogP contribution < -0.4 is 16.8 Å². The minimum Gasteiger partial charge on any atom is -0.458 e. The van der Waals surface area contributed by atoms with Gasteiger partial charge in [0, 0.05) is 11.9 Å². The fourth-order valence-corrected chi connectivity index (χ4v) is 2.86. The highest BCUT2D eigenvalue weighted by molar-refractivity contribution is 7.13. The zero-order chi connectivity index (χ0) is 16.8. The maximum Gasteiger partial charge on any atom is 0.212 e. The first kappa shape index (κ1) is 22.0. The first-order valence-corrected chi connectivity index (χ1v) is 8.49. The molecule has 0 unspecified atom stereocenters. The summed E-state index contributed by atoms with van der Waals surface area (Å²) in [7, 11) is 0. The largest absolute Gasteiger partial charge is 0.458 e. The Balaban J connectivity index is 0.00000169. The number of nitrogens with one attached hydrogen (secondary N) is 1. The first-order valence-electron chi connectivity index (χ1n) is 7.61. The summed E-state index contributed by atoms with van der Waals surface area (Å²) in [6, 6.07) is 13.9. The van der Waals surface area contributed by atoms with Crippen LogP contribution in [0.15, 0.2) is 57.3 Å². The number of thiazole rings is 1. The molecule has 0 radical (unpaired) electrons. The summed E-state index contributed by atoms with van der Waals surface area (Å²) < 4.78 is 5.57. The number of halogens is 2. The predicted octanol–water partition coefficient (Wildman–Crippen LogP) is 3.48. The van der Waals surface area contributed by atoms with Crippen molar-refractivity contribution in [2.45, 2.75) is 13.0 Å². The van der Waals surface area contributed by atoms with Crippen LogP contribution in [-0.4, -0.2) is 17.5 Å². The Labute approximate surface area is 168 Å². The van der Waals surface area contributed by atoms with E-state index in [0.29, 0.717) is 23.4 Å². The van der Waals surface area contributed by atoms with Crippen molar-refractivity contribution in [3.63, 3.8) is 0 Å². The molecule has 0 amide bonds. The molecular formula is C17H21Cl2N5OS. The molecule has 0 bridgehead atoms. The van der Waals surface area contributed by atoms with Crippen molar-refractivity contribution < 1.29 is 4.42 Å². The number of rotatable bonds is 6. The van der Waals surface area contributed by atoms with E-state index in [1.165, 1.54) is 16.9 Å². The van der Waals surface area contributed by atoms with Gasteiger partial charge >= 0.3 is 0 Å². The maximum absolute atomic E-state index is 5.91. The number of hydrogen-bond donors (Lipinski definition) is 3. The molecule has 0 aliphatic carbocycles. The van der Waals surface area contributed by atoms with E-state index in [4.69, 9.17) is 15.9 Å². The van der Waals surface area contributed by atoms with E-state index >= 15 is 0 Å². The van der Waals surface area contributed by atoms with Gasteiger partial charge in [0.15, 0.2) is 11.7 Å². The molecule has 0 atom stereocenters. The second-order valence-corrected chi connectivity index (χ2v) is 5.98. The summed E-state index contributed by atoms with van der Waals surface area (Å²) in [5.74, 6) is 1.77. The van der Waals surface area contributed by atoms with Gasteiger partial charge in [-0.2, -0.15) is 4.99 Å². The third-order valence-electron chi connectivity index (χ3n) is 3.39. The minimum atomic E-state index is 0. The summed E-state index contributed by atoms with van der Waals surface area (Å²) in [4.78, 5) is 8.70. The molecule has 3 rings (SSSR count). The summed E-state index contributed by atoms with van der Waals surface area (Å²) in [6.07, 6.45) is 0.883. The number of aliphatic imine (C=N–C) groups is 1. The molecule has 9 heteroatoms. The summed E-state index contributed by atoms with van der Waals surface area (Å²) in [6.45, 7) is 1.09. The van der Waals surface area contributed by atoms with E-state index in [-0.39, 0.29) is 24.8 Å². The van der Waals surface area contributed by atoms with E-state index in [2.05, 4.69) is 27.4 Å². The number of benzene rings is 1. The molecule has 0 saturated heterocycles. The Bertz CT molecular complexity index is 819. The third-order valence-corrected chi connectivity index (χ3v) is 4.12. The van der Waals surface area contributed by atoms with Crippen molar-refractivity contribution in [2.75, 3.05) is 6.54 Å². The van der Waals surface area contributed by atoms with Crippen molar-refractivity contribution >= 4 is 47.2 Å². The van der Waals surface area contributed by atoms with Crippen LogP contribution in [0.1, 0.15) is 11.3 Å². The molecule has 6 nitrogen and oxygen atoms in total. The molecule has 2 heterocycles. The summed E-state index contributed by atoms with van der Waals surface area (Å²) in [5, 5.41) is 5.56. The SMILES string of the molecule is Cl.Cl.NCc1ccc(-c2csc(N=C(N)NCCc3ccccc3)n2)o1. The fourth-order valence-electron chi connectivity index (χ4n) is 2.18. The quantitative estimate of drug-likeness (QED) is 0.423. The van der Waals surface area contributed by atoms with E-state index < -0.39 is 0 Å². The lowest BCUT2D eigenvalue weighted by atomic mass is 10.1. The summed E-state index contributed by atoms with van der Waals surface area (Å²) >= 11 is 1.41. The monoisotopic (exact) mass is 413 g/mol. The average molecular weight is 414 g/mol. The average Bonchev–Trinajstić information content (AvgIpc) is 3.24. The molecular weight excluding hydrogens is 393 g/mol. The molecule has 3 aromatic rings. The van der Waals surface area contributed by atoms with Gasteiger partial charge in [-0.15, -0.1) is 36.2 Å². The van der Waals surface area contributed by atoms with Crippen LogP contribution in [0.2, 0.25) is 0 Å². The fraction of sp³-hybridized carbons (Fsp3) is 0.176. The highest BCUT2D eigenvalue weighted by Crippen LogP contribution is 2.27. The van der Waals surface area contributed by atoms with Crippen LogP contribution in [0.25, 0.3) is 11.5 Å². The molecule has 0 aliphatic rings. The Morgan fingerprint density at radius 2 is 1.92 bits per heavy atom. The van der Waals surface area contributed by atoms with Gasteiger partial charge in [-0.1, -0.05) is 30.3 Å². The van der Waals surface area contributed by atoms with Crippen molar-refractivity contribution in [1.82, 2.24) is 10.3 Å². The summed E-state index contributed by atoms with van der Waals surface area (Å²) in [5.41, 5.74) is 13.4. The predicted molar refractivity (Wildman–Crippen MR) is 112 cm³/mol. The van der Waals surface area contributed by atoms with Crippen LogP contribution in [-0.2, 0) is 13.0 Å². The number of furan rings is 1. The van der Waals surface area contributed by atoms with Crippen LogP contribution in [0.5, 0.6) is 0 Å². The third kappa shape index (κ3) is 6.03. The van der Waals surface area contributed by atoms with Crippen molar-refractivity contribution in [3.8, 4) is 11.5 Å². The van der Waals surface area contributed by atoms with Crippen LogP contribution >= 0.6 is 36.2 Å². The van der Waals surface area contributed by atoms with Crippen LogP contribution in [0.4, 0.5) is 5.13 Å². The number of hydrogen-bond acceptors (Lipinski definition) is 5. The molecule has 1 aromatic carbocycles. The second kappa shape index (κ2) is 10.8. The smallest absolute Gasteiger partial charge is 0.212 e. The Kier molecular flexibility index (Phi) is 9.15. The molecule has 5 N–H and O–H groups in total. The number of nitrogens with zero attached hydrogens (tertiary/aromatic N) is 2. The van der Waals surface area contributed by atoms with Crippen LogP contribution in [0, 0.1) is 0 Å². The molecule has 26 heavy (non-hydrogen) atoms. The number of guanidine groups is 1. The topological polar surface area (TPSA) is 102 Å². The van der Waals surface area contributed by atoms with Gasteiger partial charge in [0.05, 0.1) is 6.54 Å².